The monoisotopic (exact) mass is 326 g/mol. The number of carbonyl (C=O) groups excluding carboxylic acids is 1. The van der Waals surface area contributed by atoms with Crippen molar-refractivity contribution in [2.45, 2.75) is 38.3 Å². The molecule has 2 fully saturated rings. The van der Waals surface area contributed by atoms with Crippen molar-refractivity contribution < 1.29 is 4.79 Å². The number of rotatable bonds is 5. The molecule has 104 valence electrons. The topological polar surface area (TPSA) is 59.0 Å². The average Bonchev–Trinajstić information content (AvgIpc) is 3.04. The molecule has 6 heteroatoms. The second kappa shape index (κ2) is 5.25. The highest BCUT2D eigenvalue weighted by Crippen LogP contribution is 2.36. The van der Waals surface area contributed by atoms with E-state index in [4.69, 9.17) is 0 Å². The first-order chi connectivity index (χ1) is 9.13. The Kier molecular flexibility index (Phi) is 3.62. The Hall–Kier alpha value is -0.880. The maximum absolute atomic E-state index is 12.1. The lowest BCUT2D eigenvalue weighted by molar-refractivity contribution is -0.119. The summed E-state index contributed by atoms with van der Waals surface area (Å²) in [4.78, 5) is 12.1. The van der Waals surface area contributed by atoms with Crippen molar-refractivity contribution in [3.63, 3.8) is 0 Å². The molecule has 0 amide bonds. The molecule has 2 N–H and O–H groups in total. The van der Waals surface area contributed by atoms with Gasteiger partial charge in [-0.15, -0.1) is 0 Å². The first kappa shape index (κ1) is 13.1. The third kappa shape index (κ3) is 3.00. The van der Waals surface area contributed by atoms with Gasteiger partial charge in [-0.3, -0.25) is 9.48 Å². The van der Waals surface area contributed by atoms with E-state index in [-0.39, 0.29) is 11.8 Å². The Labute approximate surface area is 121 Å². The largest absolute Gasteiger partial charge is 0.361 e. The molecule has 5 nitrogen and oxygen atoms in total. The zero-order valence-electron chi connectivity index (χ0n) is 11.0. The van der Waals surface area contributed by atoms with E-state index in [1.54, 1.807) is 0 Å². The molecule has 2 atom stereocenters. The minimum absolute atomic E-state index is 0.00629. The molecule has 0 aromatic carbocycles. The summed E-state index contributed by atoms with van der Waals surface area (Å²) in [5.74, 6) is 1.58. The number of halogens is 1. The van der Waals surface area contributed by atoms with Crippen LogP contribution in [0, 0.1) is 5.92 Å². The molecule has 1 saturated carbocycles. The van der Waals surface area contributed by atoms with Gasteiger partial charge in [0.25, 0.3) is 0 Å². The van der Waals surface area contributed by atoms with Gasteiger partial charge >= 0.3 is 0 Å². The van der Waals surface area contributed by atoms with Gasteiger partial charge in [0.05, 0.1) is 23.1 Å². The van der Waals surface area contributed by atoms with E-state index in [1.165, 1.54) is 12.8 Å². The summed E-state index contributed by atoms with van der Waals surface area (Å²) in [6, 6.07) is 0.562. The molecular formula is C13H19BrN4O. The van der Waals surface area contributed by atoms with Crippen LogP contribution in [0.5, 0.6) is 0 Å². The molecule has 1 aromatic heterocycles. The number of nitrogens with zero attached hydrogens (tertiary/aromatic N) is 2. The fraction of sp³-hybridized carbons (Fsp3) is 0.692. The SMILES string of the molecule is CC1CN[C@H](C(=O)CNc2nn(C3CC3)cc2Br)C1. The minimum Gasteiger partial charge on any atom is -0.361 e. The molecule has 1 aromatic rings. The molecule has 1 unspecified atom stereocenters. The normalized spacial score (nSPS) is 26.6. The van der Waals surface area contributed by atoms with Crippen LogP contribution < -0.4 is 10.6 Å². The molecule has 2 heterocycles. The highest BCUT2D eigenvalue weighted by molar-refractivity contribution is 9.10. The summed E-state index contributed by atoms with van der Waals surface area (Å²) in [5, 5.41) is 10.9. The molecule has 1 aliphatic heterocycles. The van der Waals surface area contributed by atoms with E-state index in [0.29, 0.717) is 18.5 Å². The van der Waals surface area contributed by atoms with Crippen molar-refractivity contribution in [3.8, 4) is 0 Å². The fourth-order valence-electron chi connectivity index (χ4n) is 2.47. The van der Waals surface area contributed by atoms with E-state index in [1.807, 2.05) is 10.9 Å². The molecule has 0 radical (unpaired) electrons. The van der Waals surface area contributed by atoms with Gasteiger partial charge in [-0.2, -0.15) is 5.10 Å². The Morgan fingerprint density at radius 3 is 3.05 bits per heavy atom. The van der Waals surface area contributed by atoms with Gasteiger partial charge in [0.15, 0.2) is 11.6 Å². The lowest BCUT2D eigenvalue weighted by Crippen LogP contribution is -2.35. The van der Waals surface area contributed by atoms with Crippen molar-refractivity contribution in [1.82, 2.24) is 15.1 Å². The Balaban J connectivity index is 1.55. The first-order valence-corrected chi connectivity index (χ1v) is 7.67. The van der Waals surface area contributed by atoms with E-state index >= 15 is 0 Å². The fourth-order valence-corrected chi connectivity index (χ4v) is 2.90. The molecule has 1 aliphatic carbocycles. The van der Waals surface area contributed by atoms with Gasteiger partial charge in [0, 0.05) is 6.20 Å². The number of hydrogen-bond acceptors (Lipinski definition) is 4. The molecule has 3 rings (SSSR count). The molecule has 19 heavy (non-hydrogen) atoms. The zero-order chi connectivity index (χ0) is 13.4. The van der Waals surface area contributed by atoms with Gasteiger partial charge in [0.1, 0.15) is 0 Å². The summed E-state index contributed by atoms with van der Waals surface area (Å²) < 4.78 is 2.91. The van der Waals surface area contributed by atoms with E-state index in [2.05, 4.69) is 38.6 Å². The summed E-state index contributed by atoms with van der Waals surface area (Å²) in [6.45, 7) is 3.45. The van der Waals surface area contributed by atoms with E-state index in [9.17, 15) is 4.79 Å². The predicted octanol–water partition coefficient (Wildman–Crippen LogP) is 1.96. The maximum Gasteiger partial charge on any atom is 0.168 e. The third-order valence-electron chi connectivity index (χ3n) is 3.78. The van der Waals surface area contributed by atoms with Crippen molar-refractivity contribution in [2.75, 3.05) is 18.4 Å². The van der Waals surface area contributed by atoms with Crippen LogP contribution in [0.15, 0.2) is 10.7 Å². The number of ketones is 1. The Morgan fingerprint density at radius 1 is 1.63 bits per heavy atom. The van der Waals surface area contributed by atoms with Gasteiger partial charge in [-0.1, -0.05) is 6.92 Å². The second-order valence-corrected chi connectivity index (χ2v) is 6.51. The Morgan fingerprint density at radius 2 is 2.42 bits per heavy atom. The third-order valence-corrected chi connectivity index (χ3v) is 4.36. The number of anilines is 1. The number of nitrogens with one attached hydrogen (secondary N) is 2. The summed E-state index contributed by atoms with van der Waals surface area (Å²) in [5.41, 5.74) is 0. The standard InChI is InChI=1S/C13H19BrN4O/c1-8-4-11(15-5-8)12(19)6-16-13-10(14)7-18(17-13)9-2-3-9/h7-9,11,15H,2-6H2,1H3,(H,16,17)/t8?,11-/m0/s1. The lowest BCUT2D eigenvalue weighted by Gasteiger charge is -2.09. The van der Waals surface area contributed by atoms with E-state index < -0.39 is 0 Å². The molecule has 1 saturated heterocycles. The quantitative estimate of drug-likeness (QED) is 0.868. The van der Waals surface area contributed by atoms with Crippen LogP contribution in [0.4, 0.5) is 5.82 Å². The summed E-state index contributed by atoms with van der Waals surface area (Å²) >= 11 is 3.48. The molecule has 0 bridgehead atoms. The average molecular weight is 327 g/mol. The van der Waals surface area contributed by atoms with Crippen LogP contribution in [-0.4, -0.2) is 34.7 Å². The maximum atomic E-state index is 12.1. The van der Waals surface area contributed by atoms with Crippen molar-refractivity contribution in [3.05, 3.63) is 10.7 Å². The van der Waals surface area contributed by atoms with Gasteiger partial charge < -0.3 is 10.6 Å². The second-order valence-electron chi connectivity index (χ2n) is 5.66. The van der Waals surface area contributed by atoms with Crippen LogP contribution >= 0.6 is 15.9 Å². The minimum atomic E-state index is 0.00629. The smallest absolute Gasteiger partial charge is 0.168 e. The van der Waals surface area contributed by atoms with Crippen LogP contribution in [-0.2, 0) is 4.79 Å². The van der Waals surface area contributed by atoms with Crippen LogP contribution in [0.3, 0.4) is 0 Å². The van der Waals surface area contributed by atoms with Gasteiger partial charge in [0.2, 0.25) is 0 Å². The van der Waals surface area contributed by atoms with Gasteiger partial charge in [-0.25, -0.2) is 0 Å². The van der Waals surface area contributed by atoms with Crippen LogP contribution in [0.25, 0.3) is 0 Å². The van der Waals surface area contributed by atoms with Gasteiger partial charge in [-0.05, 0) is 47.7 Å². The zero-order valence-corrected chi connectivity index (χ0v) is 12.6. The number of aromatic nitrogens is 2. The highest BCUT2D eigenvalue weighted by atomic mass is 79.9. The number of Topliss-reactive ketones (excluding diaryl/α,β-unsaturated/α-hetero) is 1. The van der Waals surface area contributed by atoms with Crippen molar-refractivity contribution in [1.29, 1.82) is 0 Å². The van der Waals surface area contributed by atoms with Crippen molar-refractivity contribution >= 4 is 27.5 Å². The summed E-state index contributed by atoms with van der Waals surface area (Å²) in [7, 11) is 0. The van der Waals surface area contributed by atoms with E-state index in [0.717, 1.165) is 23.3 Å². The van der Waals surface area contributed by atoms with Crippen LogP contribution in [0.2, 0.25) is 0 Å². The first-order valence-electron chi connectivity index (χ1n) is 6.88. The molecule has 0 spiro atoms. The number of carbonyl (C=O) groups is 1. The molecular weight excluding hydrogens is 308 g/mol. The highest BCUT2D eigenvalue weighted by Gasteiger charge is 2.27. The number of hydrogen-bond donors (Lipinski definition) is 2. The predicted molar refractivity (Wildman–Crippen MR) is 77.3 cm³/mol. The summed E-state index contributed by atoms with van der Waals surface area (Å²) in [6.07, 6.45) is 5.34. The lowest BCUT2D eigenvalue weighted by atomic mass is 10.1. The molecule has 2 aliphatic rings. The van der Waals surface area contributed by atoms with Crippen molar-refractivity contribution in [2.24, 2.45) is 5.92 Å². The Bertz CT molecular complexity index is 483. The van der Waals surface area contributed by atoms with Crippen LogP contribution in [0.1, 0.15) is 32.2 Å².